The van der Waals surface area contributed by atoms with E-state index < -0.39 is 5.82 Å². The molecule has 0 atom stereocenters. The molecule has 5 rings (SSSR count). The van der Waals surface area contributed by atoms with Gasteiger partial charge in [0.1, 0.15) is 16.3 Å². The number of thiophene rings is 1. The van der Waals surface area contributed by atoms with Crippen LogP contribution in [-0.2, 0) is 5.75 Å². The van der Waals surface area contributed by atoms with Crippen molar-refractivity contribution < 1.29 is 4.39 Å². The van der Waals surface area contributed by atoms with Crippen molar-refractivity contribution in [3.63, 3.8) is 0 Å². The summed E-state index contributed by atoms with van der Waals surface area (Å²) in [6, 6.07) is 14.8. The fraction of sp³-hybridized carbons (Fsp3) is 0.0476. The third-order valence-corrected chi connectivity index (χ3v) is 6.39. The van der Waals surface area contributed by atoms with Crippen molar-refractivity contribution in [3.05, 3.63) is 92.3 Å². The maximum atomic E-state index is 14.5. The predicted molar refractivity (Wildman–Crippen MR) is 117 cm³/mol. The van der Waals surface area contributed by atoms with Crippen LogP contribution < -0.4 is 11.1 Å². The van der Waals surface area contributed by atoms with Crippen molar-refractivity contribution in [1.29, 1.82) is 0 Å². The highest BCUT2D eigenvalue weighted by Gasteiger charge is 2.16. The van der Waals surface area contributed by atoms with E-state index in [1.165, 1.54) is 39.8 Å². The van der Waals surface area contributed by atoms with Crippen LogP contribution in [0.25, 0.3) is 26.8 Å². The molecular formula is C21H13FN4O2S2. The Labute approximate surface area is 177 Å². The number of benzene rings is 2. The summed E-state index contributed by atoms with van der Waals surface area (Å²) in [4.78, 5) is 37.2. The van der Waals surface area contributed by atoms with Crippen LogP contribution >= 0.6 is 23.1 Å². The molecule has 9 heteroatoms. The van der Waals surface area contributed by atoms with Crippen molar-refractivity contribution >= 4 is 44.2 Å². The zero-order chi connectivity index (χ0) is 20.7. The summed E-state index contributed by atoms with van der Waals surface area (Å²) in [5, 5.41) is 2.53. The molecule has 0 saturated heterocycles. The largest absolute Gasteiger partial charge is 0.309 e. The van der Waals surface area contributed by atoms with Crippen molar-refractivity contribution in [2.24, 2.45) is 0 Å². The Morgan fingerprint density at radius 2 is 1.80 bits per heavy atom. The summed E-state index contributed by atoms with van der Waals surface area (Å²) < 4.78 is 16.4. The number of nitrogens with one attached hydrogen (secondary N) is 1. The molecule has 3 heterocycles. The van der Waals surface area contributed by atoms with Gasteiger partial charge in [-0.05, 0) is 35.7 Å². The zero-order valence-electron chi connectivity index (χ0n) is 15.3. The first-order valence-electron chi connectivity index (χ1n) is 8.98. The lowest BCUT2D eigenvalue weighted by molar-refractivity contribution is 0.608. The molecule has 1 N–H and O–H groups in total. The molecule has 0 aliphatic carbocycles. The molecule has 0 bridgehead atoms. The summed E-state index contributed by atoms with van der Waals surface area (Å²) in [7, 11) is 0. The molecule has 0 fully saturated rings. The number of hydrogen-bond acceptors (Lipinski definition) is 6. The molecule has 0 amide bonds. The van der Waals surface area contributed by atoms with Crippen molar-refractivity contribution in [2.45, 2.75) is 10.9 Å². The van der Waals surface area contributed by atoms with Crippen LogP contribution in [0.15, 0.2) is 74.7 Å². The minimum atomic E-state index is -0.523. The van der Waals surface area contributed by atoms with Gasteiger partial charge in [0.2, 0.25) is 0 Å². The molecule has 0 spiro atoms. The number of hydrogen-bond donors (Lipinski definition) is 1. The van der Waals surface area contributed by atoms with Gasteiger partial charge in [0, 0.05) is 0 Å². The van der Waals surface area contributed by atoms with Crippen molar-refractivity contribution in [3.8, 4) is 5.69 Å². The second-order valence-electron chi connectivity index (χ2n) is 6.44. The average molecular weight is 436 g/mol. The third-order valence-electron chi connectivity index (χ3n) is 4.54. The summed E-state index contributed by atoms with van der Waals surface area (Å²) >= 11 is 2.54. The SMILES string of the molecule is O=c1[nH]c(CSc2nc3ccccc3c(=O)n2-c2ccccc2F)nc2ccsc12. The number of fused-ring (bicyclic) bond motifs is 2. The summed E-state index contributed by atoms with van der Waals surface area (Å²) in [5.41, 5.74) is 0.703. The average Bonchev–Trinajstić information content (AvgIpc) is 3.23. The van der Waals surface area contributed by atoms with Gasteiger partial charge in [-0.1, -0.05) is 36.0 Å². The lowest BCUT2D eigenvalue weighted by atomic mass is 10.2. The molecule has 0 radical (unpaired) electrons. The first kappa shape index (κ1) is 18.7. The first-order chi connectivity index (χ1) is 14.6. The standard InChI is InChI=1S/C21H13FN4O2S2/c22-13-6-2-4-8-16(13)26-20(28)12-5-1-3-7-14(12)24-21(26)30-11-17-23-15-9-10-29-18(15)19(27)25-17/h1-10H,11H2,(H,23,25,27). The number of para-hydroxylation sites is 2. The quantitative estimate of drug-likeness (QED) is 0.339. The molecule has 0 saturated carbocycles. The lowest BCUT2D eigenvalue weighted by Gasteiger charge is -2.13. The fourth-order valence-electron chi connectivity index (χ4n) is 3.18. The third kappa shape index (κ3) is 3.21. The molecule has 0 aliphatic rings. The molecule has 30 heavy (non-hydrogen) atoms. The van der Waals surface area contributed by atoms with Gasteiger partial charge in [-0.25, -0.2) is 14.4 Å². The Hall–Kier alpha value is -3.30. The minimum Gasteiger partial charge on any atom is -0.309 e. The Bertz CT molecular complexity index is 1520. The van der Waals surface area contributed by atoms with E-state index in [1.807, 2.05) is 5.38 Å². The number of rotatable bonds is 4. The molecule has 6 nitrogen and oxygen atoms in total. The van der Waals surface area contributed by atoms with Gasteiger partial charge in [0.15, 0.2) is 5.16 Å². The first-order valence-corrected chi connectivity index (χ1v) is 10.8. The van der Waals surface area contributed by atoms with Gasteiger partial charge in [0.25, 0.3) is 11.1 Å². The molecule has 0 aliphatic heterocycles. The Balaban J connectivity index is 1.64. The van der Waals surface area contributed by atoms with Crippen LogP contribution in [-0.4, -0.2) is 19.5 Å². The highest BCUT2D eigenvalue weighted by atomic mass is 32.2. The predicted octanol–water partition coefficient (Wildman–Crippen LogP) is 4.12. The minimum absolute atomic E-state index is 0.123. The van der Waals surface area contributed by atoms with Gasteiger partial charge in [0.05, 0.1) is 27.9 Å². The van der Waals surface area contributed by atoms with Gasteiger partial charge in [-0.15, -0.1) is 11.3 Å². The highest BCUT2D eigenvalue weighted by Crippen LogP contribution is 2.25. The van der Waals surface area contributed by atoms with Crippen LogP contribution in [0, 0.1) is 5.82 Å². The van der Waals surface area contributed by atoms with Gasteiger partial charge in [-0.3, -0.25) is 14.2 Å². The number of thioether (sulfide) groups is 1. The number of nitrogens with zero attached hydrogens (tertiary/aromatic N) is 3. The Kier molecular flexibility index (Phi) is 4.68. The monoisotopic (exact) mass is 436 g/mol. The van der Waals surface area contributed by atoms with Crippen LogP contribution in [0.5, 0.6) is 0 Å². The van der Waals surface area contributed by atoms with Crippen LogP contribution in [0.1, 0.15) is 5.82 Å². The van der Waals surface area contributed by atoms with Gasteiger partial charge < -0.3 is 4.98 Å². The highest BCUT2D eigenvalue weighted by molar-refractivity contribution is 7.98. The zero-order valence-corrected chi connectivity index (χ0v) is 17.0. The number of halogens is 1. The van der Waals surface area contributed by atoms with E-state index in [0.717, 1.165) is 0 Å². The maximum absolute atomic E-state index is 14.5. The normalized spacial score (nSPS) is 11.4. The fourth-order valence-corrected chi connectivity index (χ4v) is 4.78. The lowest BCUT2D eigenvalue weighted by Crippen LogP contribution is -2.22. The molecule has 5 aromatic rings. The van der Waals surface area contributed by atoms with E-state index in [0.29, 0.717) is 32.1 Å². The number of aromatic nitrogens is 4. The van der Waals surface area contributed by atoms with Crippen molar-refractivity contribution in [1.82, 2.24) is 19.5 Å². The second kappa shape index (κ2) is 7.51. The summed E-state index contributed by atoms with van der Waals surface area (Å²) in [6.07, 6.45) is 0. The van der Waals surface area contributed by atoms with Crippen molar-refractivity contribution in [2.75, 3.05) is 0 Å². The van der Waals surface area contributed by atoms with E-state index in [9.17, 15) is 14.0 Å². The molecule has 148 valence electrons. The van der Waals surface area contributed by atoms with E-state index >= 15 is 0 Å². The van der Waals surface area contributed by atoms with Gasteiger partial charge in [-0.2, -0.15) is 0 Å². The summed E-state index contributed by atoms with van der Waals surface area (Å²) in [5.74, 6) is 0.198. The second-order valence-corrected chi connectivity index (χ2v) is 8.30. The van der Waals surface area contributed by atoms with Crippen LogP contribution in [0.3, 0.4) is 0 Å². The summed E-state index contributed by atoms with van der Waals surface area (Å²) in [6.45, 7) is 0. The topological polar surface area (TPSA) is 80.6 Å². The van der Waals surface area contributed by atoms with E-state index in [-0.39, 0.29) is 22.6 Å². The van der Waals surface area contributed by atoms with E-state index in [4.69, 9.17) is 0 Å². The molecular weight excluding hydrogens is 423 g/mol. The Morgan fingerprint density at radius 3 is 2.67 bits per heavy atom. The molecule has 3 aromatic heterocycles. The number of aromatic amines is 1. The smallest absolute Gasteiger partial charge is 0.268 e. The van der Waals surface area contributed by atoms with E-state index in [2.05, 4.69) is 15.0 Å². The molecule has 0 unspecified atom stereocenters. The maximum Gasteiger partial charge on any atom is 0.268 e. The number of H-pyrrole nitrogens is 1. The van der Waals surface area contributed by atoms with E-state index in [1.54, 1.807) is 42.5 Å². The van der Waals surface area contributed by atoms with Gasteiger partial charge >= 0.3 is 0 Å². The van der Waals surface area contributed by atoms with Crippen LogP contribution in [0.4, 0.5) is 4.39 Å². The Morgan fingerprint density at radius 1 is 1.00 bits per heavy atom. The van der Waals surface area contributed by atoms with Crippen LogP contribution in [0.2, 0.25) is 0 Å². The molecule has 2 aromatic carbocycles.